The summed E-state index contributed by atoms with van der Waals surface area (Å²) in [5, 5.41) is 6.95. The van der Waals surface area contributed by atoms with Crippen LogP contribution in [0, 0.1) is 5.92 Å². The molecule has 0 saturated heterocycles. The number of nitrogens with zero attached hydrogens (tertiary/aromatic N) is 1. The molecule has 0 spiro atoms. The third-order valence-electron chi connectivity index (χ3n) is 3.35. The maximum Gasteiger partial charge on any atom is 0.114 e. The molecule has 0 aliphatic carbocycles. The monoisotopic (exact) mass is 236 g/mol. The topological polar surface area (TPSA) is 24.9 Å². The van der Waals surface area contributed by atoms with Gasteiger partial charge < -0.3 is 0 Å². The van der Waals surface area contributed by atoms with Crippen molar-refractivity contribution in [2.75, 3.05) is 0 Å². The van der Waals surface area contributed by atoms with Crippen molar-refractivity contribution in [1.29, 1.82) is 0 Å². The van der Waals surface area contributed by atoms with E-state index < -0.39 is 0 Å². The van der Waals surface area contributed by atoms with Crippen molar-refractivity contribution in [1.82, 2.24) is 10.3 Å². The highest BCUT2D eigenvalue weighted by atomic mass is 32.1. The summed E-state index contributed by atoms with van der Waals surface area (Å²) in [4.78, 5) is 4.42. The Hall–Kier alpha value is -0.670. The molecule has 0 radical (unpaired) electrons. The maximum atomic E-state index is 4.42. The molecule has 1 aromatic heterocycles. The van der Waals surface area contributed by atoms with E-state index in [0.29, 0.717) is 12.1 Å². The van der Waals surface area contributed by atoms with E-state index >= 15 is 0 Å². The highest BCUT2D eigenvalue weighted by Gasteiger charge is 2.30. The third-order valence-corrected chi connectivity index (χ3v) is 4.19. The van der Waals surface area contributed by atoms with Crippen LogP contribution in [0.3, 0.4) is 0 Å². The summed E-state index contributed by atoms with van der Waals surface area (Å²) in [7, 11) is 0. The minimum atomic E-state index is 0.351. The summed E-state index contributed by atoms with van der Waals surface area (Å²) < 4.78 is 0. The molecule has 2 nitrogen and oxygen atoms in total. The molecular weight excluding hydrogens is 216 g/mol. The van der Waals surface area contributed by atoms with Crippen LogP contribution in [0.5, 0.6) is 0 Å². The first-order chi connectivity index (χ1) is 7.59. The number of nitrogens with one attached hydrogen (secondary N) is 1. The van der Waals surface area contributed by atoms with Crippen LogP contribution in [-0.2, 0) is 0 Å². The fourth-order valence-corrected chi connectivity index (χ4v) is 3.07. The van der Waals surface area contributed by atoms with Gasteiger partial charge in [-0.2, -0.15) is 0 Å². The van der Waals surface area contributed by atoms with Crippen molar-refractivity contribution in [2.45, 2.75) is 46.2 Å². The maximum absolute atomic E-state index is 4.42. The first kappa shape index (κ1) is 11.8. The van der Waals surface area contributed by atoms with Gasteiger partial charge in [-0.15, -0.1) is 11.3 Å². The number of aromatic nitrogens is 1. The van der Waals surface area contributed by atoms with E-state index in [2.05, 4.69) is 43.4 Å². The molecule has 3 heteroatoms. The zero-order valence-corrected chi connectivity index (χ0v) is 11.3. The van der Waals surface area contributed by atoms with Crippen molar-refractivity contribution in [2.24, 2.45) is 5.92 Å². The minimum Gasteiger partial charge on any atom is -0.298 e. The molecule has 1 unspecified atom stereocenters. The zero-order chi connectivity index (χ0) is 11.7. The summed E-state index contributed by atoms with van der Waals surface area (Å²) in [5.74, 6) is 0.732. The third kappa shape index (κ3) is 2.20. The Labute approximate surface area is 102 Å². The van der Waals surface area contributed by atoms with Crippen LogP contribution in [-0.4, -0.2) is 11.0 Å². The van der Waals surface area contributed by atoms with E-state index in [1.165, 1.54) is 22.6 Å². The highest BCUT2D eigenvalue weighted by molar-refractivity contribution is 7.09. The molecule has 0 saturated carbocycles. The summed E-state index contributed by atoms with van der Waals surface area (Å²) >= 11 is 1.74. The first-order valence-corrected chi connectivity index (χ1v) is 6.80. The van der Waals surface area contributed by atoms with E-state index in [1.54, 1.807) is 11.3 Å². The van der Waals surface area contributed by atoms with Crippen LogP contribution in [0.25, 0.3) is 0 Å². The standard InChI is InChI=1S/C13H20N2S/c1-8(2)7-11-9(3)10(4)12(15-11)13-14-5-6-16-13/h5-6,8,11-12,15H,7H2,1-4H3/t11?,12-/m1/s1. The molecule has 16 heavy (non-hydrogen) atoms. The Balaban J connectivity index is 2.16. The highest BCUT2D eigenvalue weighted by Crippen LogP contribution is 2.34. The van der Waals surface area contributed by atoms with Crippen molar-refractivity contribution in [3.05, 3.63) is 27.7 Å². The number of thiazole rings is 1. The van der Waals surface area contributed by atoms with Crippen molar-refractivity contribution in [3.8, 4) is 0 Å². The molecule has 2 rings (SSSR count). The van der Waals surface area contributed by atoms with E-state index in [-0.39, 0.29) is 0 Å². The van der Waals surface area contributed by atoms with Crippen LogP contribution >= 0.6 is 11.3 Å². The second-order valence-electron chi connectivity index (χ2n) is 5.02. The SMILES string of the molecule is CC1=C(C)[C@H](c2nccs2)NC1CC(C)C. The average Bonchev–Trinajstić information content (AvgIpc) is 2.81. The van der Waals surface area contributed by atoms with E-state index in [1.807, 2.05) is 6.20 Å². The number of rotatable bonds is 3. The van der Waals surface area contributed by atoms with Gasteiger partial charge in [-0.05, 0) is 31.8 Å². The van der Waals surface area contributed by atoms with Crippen molar-refractivity contribution in [3.63, 3.8) is 0 Å². The molecule has 0 amide bonds. The number of hydrogen-bond acceptors (Lipinski definition) is 3. The normalized spacial score (nSPS) is 25.8. The molecule has 0 aromatic carbocycles. The van der Waals surface area contributed by atoms with Gasteiger partial charge in [0.15, 0.2) is 0 Å². The largest absolute Gasteiger partial charge is 0.298 e. The molecule has 1 aromatic rings. The predicted molar refractivity (Wildman–Crippen MR) is 69.6 cm³/mol. The van der Waals surface area contributed by atoms with Gasteiger partial charge in [-0.3, -0.25) is 5.32 Å². The summed E-state index contributed by atoms with van der Waals surface area (Å²) in [6, 6.07) is 0.887. The lowest BCUT2D eigenvalue weighted by atomic mass is 9.98. The van der Waals surface area contributed by atoms with Gasteiger partial charge in [0.05, 0.1) is 6.04 Å². The van der Waals surface area contributed by atoms with Gasteiger partial charge in [-0.25, -0.2) is 4.98 Å². The van der Waals surface area contributed by atoms with Crippen molar-refractivity contribution < 1.29 is 0 Å². The smallest absolute Gasteiger partial charge is 0.114 e. The second-order valence-corrected chi connectivity index (χ2v) is 5.94. The summed E-state index contributed by atoms with van der Waals surface area (Å²) in [5.41, 5.74) is 2.97. The summed E-state index contributed by atoms with van der Waals surface area (Å²) in [6.45, 7) is 9.04. The Kier molecular flexibility index (Phi) is 3.45. The Morgan fingerprint density at radius 1 is 1.38 bits per heavy atom. The van der Waals surface area contributed by atoms with Crippen LogP contribution in [0.4, 0.5) is 0 Å². The average molecular weight is 236 g/mol. The molecule has 0 bridgehead atoms. The fourth-order valence-electron chi connectivity index (χ4n) is 2.30. The van der Waals surface area contributed by atoms with E-state index in [0.717, 1.165) is 5.92 Å². The molecular formula is C13H20N2S. The van der Waals surface area contributed by atoms with Gasteiger partial charge >= 0.3 is 0 Å². The molecule has 2 heterocycles. The predicted octanol–water partition coefficient (Wildman–Crippen LogP) is 3.54. The lowest BCUT2D eigenvalue weighted by Crippen LogP contribution is -2.28. The van der Waals surface area contributed by atoms with E-state index in [9.17, 15) is 0 Å². The quantitative estimate of drug-likeness (QED) is 0.812. The van der Waals surface area contributed by atoms with Gasteiger partial charge in [0.2, 0.25) is 0 Å². The second kappa shape index (κ2) is 4.68. The molecule has 88 valence electrons. The fraction of sp³-hybridized carbons (Fsp3) is 0.615. The van der Waals surface area contributed by atoms with Gasteiger partial charge in [0.25, 0.3) is 0 Å². The summed E-state index contributed by atoms with van der Waals surface area (Å²) in [6.07, 6.45) is 3.10. The van der Waals surface area contributed by atoms with Crippen LogP contribution < -0.4 is 5.32 Å². The minimum absolute atomic E-state index is 0.351. The Bertz CT molecular complexity index is 379. The van der Waals surface area contributed by atoms with Crippen molar-refractivity contribution >= 4 is 11.3 Å². The molecule has 1 aliphatic rings. The van der Waals surface area contributed by atoms with Gasteiger partial charge in [0.1, 0.15) is 5.01 Å². The number of hydrogen-bond donors (Lipinski definition) is 1. The van der Waals surface area contributed by atoms with Crippen LogP contribution in [0.15, 0.2) is 22.7 Å². The lowest BCUT2D eigenvalue weighted by Gasteiger charge is -2.17. The van der Waals surface area contributed by atoms with Crippen LogP contribution in [0.2, 0.25) is 0 Å². The van der Waals surface area contributed by atoms with Gasteiger partial charge in [-0.1, -0.05) is 19.4 Å². The lowest BCUT2D eigenvalue weighted by molar-refractivity contribution is 0.460. The first-order valence-electron chi connectivity index (χ1n) is 5.92. The molecule has 2 atom stereocenters. The molecule has 1 aliphatic heterocycles. The van der Waals surface area contributed by atoms with Gasteiger partial charge in [0, 0.05) is 17.6 Å². The van der Waals surface area contributed by atoms with E-state index in [4.69, 9.17) is 0 Å². The molecule has 0 fully saturated rings. The van der Waals surface area contributed by atoms with Crippen LogP contribution in [0.1, 0.15) is 45.2 Å². The molecule has 1 N–H and O–H groups in total. The Morgan fingerprint density at radius 2 is 2.12 bits per heavy atom. The Morgan fingerprint density at radius 3 is 2.69 bits per heavy atom. The zero-order valence-electron chi connectivity index (χ0n) is 10.4.